The normalized spacial score (nSPS) is 12.5. The maximum Gasteiger partial charge on any atom is 0.127 e. The molecular formula is C11H13BrO. The average Bonchev–Trinajstić information content (AvgIpc) is 2.16. The highest BCUT2D eigenvalue weighted by atomic mass is 79.9. The minimum absolute atomic E-state index is 0.0227. The quantitative estimate of drug-likeness (QED) is 0.742. The molecule has 0 bridgehead atoms. The van der Waals surface area contributed by atoms with Crippen LogP contribution in [0.25, 0.3) is 0 Å². The van der Waals surface area contributed by atoms with Crippen molar-refractivity contribution < 1.29 is 4.79 Å². The summed E-state index contributed by atoms with van der Waals surface area (Å²) < 4.78 is 1.03. The number of rotatable bonds is 3. The molecule has 1 aromatic carbocycles. The Balaban J connectivity index is 3.22. The Labute approximate surface area is 87.3 Å². The van der Waals surface area contributed by atoms with Crippen LogP contribution in [0.2, 0.25) is 0 Å². The molecule has 0 saturated carbocycles. The van der Waals surface area contributed by atoms with Crippen LogP contribution in [0.15, 0.2) is 22.7 Å². The Bertz CT molecular complexity index is 307. The van der Waals surface area contributed by atoms with E-state index in [0.29, 0.717) is 0 Å². The van der Waals surface area contributed by atoms with Crippen molar-refractivity contribution in [2.24, 2.45) is 0 Å². The Kier molecular flexibility index (Phi) is 3.67. The van der Waals surface area contributed by atoms with Gasteiger partial charge in [-0.05, 0) is 23.6 Å². The summed E-state index contributed by atoms with van der Waals surface area (Å²) in [6.07, 6.45) is 1.95. The Morgan fingerprint density at radius 2 is 2.23 bits per heavy atom. The van der Waals surface area contributed by atoms with Crippen molar-refractivity contribution in [3.8, 4) is 0 Å². The lowest BCUT2D eigenvalue weighted by atomic mass is 9.95. The third-order valence-electron chi connectivity index (χ3n) is 2.18. The number of aryl methyl sites for hydroxylation is 1. The summed E-state index contributed by atoms with van der Waals surface area (Å²) in [5.41, 5.74) is 2.37. The van der Waals surface area contributed by atoms with E-state index in [4.69, 9.17) is 0 Å². The highest BCUT2D eigenvalue weighted by molar-refractivity contribution is 9.10. The van der Waals surface area contributed by atoms with Gasteiger partial charge in [0.1, 0.15) is 6.29 Å². The summed E-state index contributed by atoms with van der Waals surface area (Å²) in [7, 11) is 0. The zero-order valence-electron chi connectivity index (χ0n) is 7.88. The lowest BCUT2D eigenvalue weighted by molar-refractivity contribution is -0.108. The van der Waals surface area contributed by atoms with Crippen molar-refractivity contribution in [2.75, 3.05) is 0 Å². The van der Waals surface area contributed by atoms with Crippen molar-refractivity contribution in [1.82, 2.24) is 0 Å². The van der Waals surface area contributed by atoms with Crippen molar-refractivity contribution in [2.45, 2.75) is 26.2 Å². The van der Waals surface area contributed by atoms with Gasteiger partial charge in [-0.1, -0.05) is 41.9 Å². The fourth-order valence-electron chi connectivity index (χ4n) is 1.47. The first-order chi connectivity index (χ1) is 6.20. The Hall–Kier alpha value is -0.630. The molecule has 1 atom stereocenters. The van der Waals surface area contributed by atoms with Gasteiger partial charge in [0.05, 0.1) is 0 Å². The van der Waals surface area contributed by atoms with Crippen LogP contribution in [0.3, 0.4) is 0 Å². The summed E-state index contributed by atoms with van der Waals surface area (Å²) in [5.74, 6) is -0.0227. The smallest absolute Gasteiger partial charge is 0.127 e. The van der Waals surface area contributed by atoms with Gasteiger partial charge >= 0.3 is 0 Å². The van der Waals surface area contributed by atoms with Gasteiger partial charge in [-0.2, -0.15) is 0 Å². The Morgan fingerprint density at radius 1 is 1.54 bits per heavy atom. The number of carbonyl (C=O) groups excluding carboxylic acids is 1. The molecule has 1 unspecified atom stereocenters. The molecule has 0 aliphatic rings. The number of hydrogen-bond donors (Lipinski definition) is 0. The van der Waals surface area contributed by atoms with Gasteiger partial charge in [-0.25, -0.2) is 0 Å². The molecule has 0 aliphatic heterocycles. The summed E-state index contributed by atoms with van der Waals surface area (Å²) in [6, 6.07) is 6.05. The molecule has 0 aliphatic carbocycles. The van der Waals surface area contributed by atoms with Crippen LogP contribution in [0.4, 0.5) is 0 Å². The summed E-state index contributed by atoms with van der Waals surface area (Å²) >= 11 is 3.47. The zero-order chi connectivity index (χ0) is 9.84. The number of benzene rings is 1. The van der Waals surface area contributed by atoms with E-state index in [1.54, 1.807) is 0 Å². The fourth-order valence-corrected chi connectivity index (χ4v) is 2.24. The largest absolute Gasteiger partial charge is 0.303 e. The van der Waals surface area contributed by atoms with E-state index in [-0.39, 0.29) is 5.92 Å². The first-order valence-corrected chi connectivity index (χ1v) is 5.22. The second-order valence-electron chi connectivity index (χ2n) is 3.09. The van der Waals surface area contributed by atoms with Gasteiger partial charge in [0.25, 0.3) is 0 Å². The third-order valence-corrected chi connectivity index (χ3v) is 2.88. The molecule has 0 radical (unpaired) electrons. The molecule has 70 valence electrons. The molecule has 0 aromatic heterocycles. The summed E-state index contributed by atoms with van der Waals surface area (Å²) in [5, 5.41) is 0. The molecule has 1 nitrogen and oxygen atoms in total. The molecule has 1 rings (SSSR count). The van der Waals surface area contributed by atoms with Crippen molar-refractivity contribution in [3.05, 3.63) is 33.8 Å². The van der Waals surface area contributed by atoms with Gasteiger partial charge in [0.2, 0.25) is 0 Å². The number of halogens is 1. The van der Waals surface area contributed by atoms with Crippen LogP contribution in [-0.4, -0.2) is 6.29 Å². The minimum Gasteiger partial charge on any atom is -0.303 e. The van der Waals surface area contributed by atoms with E-state index in [9.17, 15) is 4.79 Å². The van der Waals surface area contributed by atoms with Crippen LogP contribution in [0, 0.1) is 0 Å². The van der Waals surface area contributed by atoms with Crippen LogP contribution in [0.1, 0.15) is 30.9 Å². The van der Waals surface area contributed by atoms with Crippen molar-refractivity contribution in [1.29, 1.82) is 0 Å². The second kappa shape index (κ2) is 4.56. The number of carbonyl (C=O) groups is 1. The minimum atomic E-state index is -0.0227. The maximum atomic E-state index is 10.7. The lowest BCUT2D eigenvalue weighted by Crippen LogP contribution is -2.00. The SMILES string of the molecule is CCc1cccc(Br)c1C(C)C=O. The number of hydrogen-bond acceptors (Lipinski definition) is 1. The van der Waals surface area contributed by atoms with E-state index in [1.165, 1.54) is 5.56 Å². The molecule has 0 saturated heterocycles. The van der Waals surface area contributed by atoms with E-state index in [1.807, 2.05) is 19.1 Å². The molecule has 13 heavy (non-hydrogen) atoms. The highest BCUT2D eigenvalue weighted by Gasteiger charge is 2.11. The van der Waals surface area contributed by atoms with Crippen LogP contribution in [0.5, 0.6) is 0 Å². The summed E-state index contributed by atoms with van der Waals surface area (Å²) in [4.78, 5) is 10.7. The van der Waals surface area contributed by atoms with Crippen LogP contribution >= 0.6 is 15.9 Å². The van der Waals surface area contributed by atoms with Crippen LogP contribution in [-0.2, 0) is 11.2 Å². The predicted molar refractivity (Wildman–Crippen MR) is 58.0 cm³/mol. The highest BCUT2D eigenvalue weighted by Crippen LogP contribution is 2.27. The van der Waals surface area contributed by atoms with Gasteiger partial charge in [0.15, 0.2) is 0 Å². The standard InChI is InChI=1S/C11H13BrO/c1-3-9-5-4-6-10(12)11(9)8(2)7-13/h4-8H,3H2,1-2H3. The maximum absolute atomic E-state index is 10.7. The van der Waals surface area contributed by atoms with Gasteiger partial charge in [-0.15, -0.1) is 0 Å². The second-order valence-corrected chi connectivity index (χ2v) is 3.95. The molecule has 0 amide bonds. The Morgan fingerprint density at radius 3 is 2.77 bits per heavy atom. The average molecular weight is 241 g/mol. The van der Waals surface area contributed by atoms with E-state index in [0.717, 1.165) is 22.7 Å². The molecule has 0 N–H and O–H groups in total. The molecule has 2 heteroatoms. The van der Waals surface area contributed by atoms with Gasteiger partial charge in [-0.3, -0.25) is 0 Å². The third kappa shape index (κ3) is 2.19. The van der Waals surface area contributed by atoms with Crippen LogP contribution < -0.4 is 0 Å². The number of aldehydes is 1. The van der Waals surface area contributed by atoms with E-state index in [2.05, 4.69) is 28.9 Å². The van der Waals surface area contributed by atoms with E-state index >= 15 is 0 Å². The molecule has 0 heterocycles. The van der Waals surface area contributed by atoms with Crippen molar-refractivity contribution >= 4 is 22.2 Å². The van der Waals surface area contributed by atoms with E-state index < -0.39 is 0 Å². The lowest BCUT2D eigenvalue weighted by Gasteiger charge is -2.12. The van der Waals surface area contributed by atoms with Gasteiger partial charge in [0, 0.05) is 10.4 Å². The first kappa shape index (κ1) is 10.5. The first-order valence-electron chi connectivity index (χ1n) is 4.43. The fraction of sp³-hybridized carbons (Fsp3) is 0.364. The topological polar surface area (TPSA) is 17.1 Å². The molecular weight excluding hydrogens is 228 g/mol. The molecule has 0 fully saturated rings. The molecule has 0 spiro atoms. The zero-order valence-corrected chi connectivity index (χ0v) is 9.47. The predicted octanol–water partition coefficient (Wildman–Crippen LogP) is 3.31. The van der Waals surface area contributed by atoms with Crippen molar-refractivity contribution in [3.63, 3.8) is 0 Å². The monoisotopic (exact) mass is 240 g/mol. The van der Waals surface area contributed by atoms with Gasteiger partial charge < -0.3 is 4.79 Å². The summed E-state index contributed by atoms with van der Waals surface area (Å²) in [6.45, 7) is 4.02. The molecule has 1 aromatic rings.